The van der Waals surface area contributed by atoms with E-state index in [1.54, 1.807) is 36.4 Å². The minimum Gasteiger partial charge on any atom is -0.467 e. The highest BCUT2D eigenvalue weighted by atomic mass is 19.2. The molecule has 0 aliphatic carbocycles. The lowest BCUT2D eigenvalue weighted by Crippen LogP contribution is -2.40. The highest BCUT2D eigenvalue weighted by molar-refractivity contribution is 5.94. The highest BCUT2D eigenvalue weighted by Crippen LogP contribution is 2.27. The number of likely N-dealkylation sites (tertiary alicyclic amines) is 1. The molecule has 9 heteroatoms. The van der Waals surface area contributed by atoms with Crippen LogP contribution >= 0.6 is 0 Å². The maximum absolute atomic E-state index is 14.2. The van der Waals surface area contributed by atoms with Crippen LogP contribution in [-0.4, -0.2) is 64.5 Å². The molecule has 1 atom stereocenters. The molecule has 228 valence electrons. The summed E-state index contributed by atoms with van der Waals surface area (Å²) in [6, 6.07) is 25.5. The van der Waals surface area contributed by atoms with Crippen LogP contribution in [0.15, 0.2) is 95.6 Å². The molecule has 1 amide bonds. The number of likely N-dealkylation sites (N-methyl/N-ethyl adjacent to an activating group) is 1. The molecule has 7 nitrogen and oxygen atoms in total. The summed E-state index contributed by atoms with van der Waals surface area (Å²) >= 11 is 0. The van der Waals surface area contributed by atoms with Gasteiger partial charge in [0, 0.05) is 44.2 Å². The summed E-state index contributed by atoms with van der Waals surface area (Å²) < 4.78 is 35.8. The molecule has 1 N–H and O–H groups in total. The first-order valence-corrected chi connectivity index (χ1v) is 15.2. The van der Waals surface area contributed by atoms with E-state index < -0.39 is 11.6 Å². The lowest BCUT2D eigenvalue weighted by molar-refractivity contribution is 0.0781. The predicted octanol–water partition coefficient (Wildman–Crippen LogP) is 6.78. The van der Waals surface area contributed by atoms with E-state index in [0.717, 1.165) is 55.2 Å². The number of rotatable bonds is 11. The zero-order valence-electron chi connectivity index (χ0n) is 24.8. The van der Waals surface area contributed by atoms with Crippen LogP contribution in [0, 0.1) is 11.6 Å². The molecule has 2 aromatic heterocycles. The van der Waals surface area contributed by atoms with E-state index in [4.69, 9.17) is 9.40 Å². The number of nitrogens with zero attached hydrogens (tertiary/aromatic N) is 4. The smallest absolute Gasteiger partial charge is 0.253 e. The van der Waals surface area contributed by atoms with Gasteiger partial charge in [0.25, 0.3) is 5.91 Å². The van der Waals surface area contributed by atoms with Crippen molar-refractivity contribution in [3.05, 3.63) is 120 Å². The molecule has 0 bridgehead atoms. The standard InChI is InChI=1S/C35H37F2N5O2/c1-40(34(43)25-8-3-2-4-9-25)23-27(26-13-14-30(36)31(37)22-26)15-18-41-19-16-28(17-20-41)38-35-39-32-11-5-6-12-33(32)42(35)24-29-10-7-21-44-29/h2-14,21-22,27-28H,15-20,23-24H2,1H3,(H,38,39). The van der Waals surface area contributed by atoms with Gasteiger partial charge in [-0.2, -0.15) is 0 Å². The third-order valence-corrected chi connectivity index (χ3v) is 8.54. The lowest BCUT2D eigenvalue weighted by atomic mass is 9.93. The van der Waals surface area contributed by atoms with Crippen molar-refractivity contribution in [3.8, 4) is 0 Å². The number of furan rings is 1. The number of amides is 1. The fraction of sp³-hybridized carbons (Fsp3) is 0.314. The number of hydrogen-bond acceptors (Lipinski definition) is 5. The number of benzene rings is 3. The third-order valence-electron chi connectivity index (χ3n) is 8.54. The molecule has 1 saturated heterocycles. The largest absolute Gasteiger partial charge is 0.467 e. The van der Waals surface area contributed by atoms with Gasteiger partial charge in [-0.25, -0.2) is 13.8 Å². The van der Waals surface area contributed by atoms with Crippen LogP contribution in [0.5, 0.6) is 0 Å². The summed E-state index contributed by atoms with van der Waals surface area (Å²) in [5.41, 5.74) is 3.30. The molecule has 6 rings (SSSR count). The zero-order valence-corrected chi connectivity index (χ0v) is 24.8. The van der Waals surface area contributed by atoms with Crippen LogP contribution in [0.4, 0.5) is 14.7 Å². The average molecular weight is 598 g/mol. The number of imidazole rings is 1. The number of aromatic nitrogens is 2. The molecule has 44 heavy (non-hydrogen) atoms. The van der Waals surface area contributed by atoms with Crippen molar-refractivity contribution in [3.63, 3.8) is 0 Å². The van der Waals surface area contributed by atoms with Crippen molar-refractivity contribution in [1.29, 1.82) is 0 Å². The third kappa shape index (κ3) is 6.83. The van der Waals surface area contributed by atoms with Gasteiger partial charge < -0.3 is 24.1 Å². The molecule has 1 unspecified atom stereocenters. The normalized spacial score (nSPS) is 15.0. The molecule has 0 saturated carbocycles. The predicted molar refractivity (Wildman–Crippen MR) is 168 cm³/mol. The number of piperidine rings is 1. The molecule has 0 radical (unpaired) electrons. The van der Waals surface area contributed by atoms with Crippen molar-refractivity contribution in [1.82, 2.24) is 19.4 Å². The van der Waals surface area contributed by atoms with Gasteiger partial charge in [0.05, 0.1) is 23.8 Å². The average Bonchev–Trinajstić information content (AvgIpc) is 3.69. The Kier molecular flexibility index (Phi) is 9.02. The first kappa shape index (κ1) is 29.6. The molecular weight excluding hydrogens is 560 g/mol. The highest BCUT2D eigenvalue weighted by Gasteiger charge is 2.25. The molecular formula is C35H37F2N5O2. The van der Waals surface area contributed by atoms with Crippen LogP contribution < -0.4 is 5.32 Å². The second-order valence-electron chi connectivity index (χ2n) is 11.6. The number of carbonyl (C=O) groups excluding carboxylic acids is 1. The minimum atomic E-state index is -0.867. The Balaban J connectivity index is 1.09. The van der Waals surface area contributed by atoms with Crippen LogP contribution in [0.25, 0.3) is 11.0 Å². The van der Waals surface area contributed by atoms with Crippen molar-refractivity contribution < 1.29 is 18.0 Å². The monoisotopic (exact) mass is 597 g/mol. The number of para-hydroxylation sites is 2. The van der Waals surface area contributed by atoms with E-state index in [9.17, 15) is 13.6 Å². The number of anilines is 1. The van der Waals surface area contributed by atoms with E-state index in [-0.39, 0.29) is 17.9 Å². The number of nitrogens with one attached hydrogen (secondary N) is 1. The molecule has 5 aromatic rings. The summed E-state index contributed by atoms with van der Waals surface area (Å²) in [6.07, 6.45) is 4.31. The number of hydrogen-bond donors (Lipinski definition) is 1. The Bertz CT molecular complexity index is 1680. The second-order valence-corrected chi connectivity index (χ2v) is 11.6. The Morgan fingerprint density at radius 2 is 1.77 bits per heavy atom. The summed E-state index contributed by atoms with van der Waals surface area (Å²) in [4.78, 5) is 22.0. The topological polar surface area (TPSA) is 66.5 Å². The summed E-state index contributed by atoms with van der Waals surface area (Å²) in [5, 5.41) is 3.69. The second kappa shape index (κ2) is 13.4. The van der Waals surface area contributed by atoms with Gasteiger partial charge in [-0.1, -0.05) is 36.4 Å². The summed E-state index contributed by atoms with van der Waals surface area (Å²) in [7, 11) is 1.76. The Labute approximate surface area is 256 Å². The lowest BCUT2D eigenvalue weighted by Gasteiger charge is -2.34. The van der Waals surface area contributed by atoms with E-state index in [0.29, 0.717) is 30.6 Å². The molecule has 1 aliphatic heterocycles. The van der Waals surface area contributed by atoms with E-state index in [1.165, 1.54) is 12.1 Å². The first-order valence-electron chi connectivity index (χ1n) is 15.2. The van der Waals surface area contributed by atoms with Crippen molar-refractivity contribution >= 4 is 22.9 Å². The minimum absolute atomic E-state index is 0.0943. The van der Waals surface area contributed by atoms with Gasteiger partial charge in [0.2, 0.25) is 5.95 Å². The Morgan fingerprint density at radius 3 is 2.52 bits per heavy atom. The molecule has 1 fully saturated rings. The van der Waals surface area contributed by atoms with E-state index in [1.807, 2.05) is 48.5 Å². The quantitative estimate of drug-likeness (QED) is 0.182. The zero-order chi connectivity index (χ0) is 30.5. The fourth-order valence-electron chi connectivity index (χ4n) is 6.07. The van der Waals surface area contributed by atoms with Crippen LogP contribution in [-0.2, 0) is 6.54 Å². The SMILES string of the molecule is CN(CC(CCN1CCC(Nc2nc3ccccc3n2Cc2ccco2)CC1)c1ccc(F)c(F)c1)C(=O)c1ccccc1. The van der Waals surface area contributed by atoms with Gasteiger partial charge >= 0.3 is 0 Å². The fourth-order valence-corrected chi connectivity index (χ4v) is 6.07. The Hall–Kier alpha value is -4.50. The van der Waals surface area contributed by atoms with Crippen LogP contribution in [0.3, 0.4) is 0 Å². The van der Waals surface area contributed by atoms with Crippen LogP contribution in [0.2, 0.25) is 0 Å². The van der Waals surface area contributed by atoms with Gasteiger partial charge in [0.1, 0.15) is 5.76 Å². The molecule has 0 spiro atoms. The number of carbonyl (C=O) groups is 1. The number of halogens is 2. The van der Waals surface area contributed by atoms with Crippen LogP contribution in [0.1, 0.15) is 46.9 Å². The first-order chi connectivity index (χ1) is 21.4. The number of fused-ring (bicyclic) bond motifs is 1. The maximum atomic E-state index is 14.2. The molecule has 1 aliphatic rings. The maximum Gasteiger partial charge on any atom is 0.253 e. The summed E-state index contributed by atoms with van der Waals surface area (Å²) in [6.45, 7) is 3.60. The van der Waals surface area contributed by atoms with Crippen molar-refractivity contribution in [2.75, 3.05) is 38.5 Å². The van der Waals surface area contributed by atoms with E-state index >= 15 is 0 Å². The summed E-state index contributed by atoms with van der Waals surface area (Å²) in [5.74, 6) is -0.255. The molecule has 3 heterocycles. The van der Waals surface area contributed by atoms with Gasteiger partial charge in [-0.3, -0.25) is 4.79 Å². The van der Waals surface area contributed by atoms with E-state index in [2.05, 4.69) is 20.9 Å². The van der Waals surface area contributed by atoms with Crippen molar-refractivity contribution in [2.24, 2.45) is 0 Å². The molecule has 3 aromatic carbocycles. The van der Waals surface area contributed by atoms with Gasteiger partial charge in [-0.05, 0) is 79.9 Å². The van der Waals surface area contributed by atoms with Gasteiger partial charge in [0.15, 0.2) is 11.6 Å². The Morgan fingerprint density at radius 1 is 1.00 bits per heavy atom. The van der Waals surface area contributed by atoms with Crippen molar-refractivity contribution in [2.45, 2.75) is 37.8 Å². The van der Waals surface area contributed by atoms with Gasteiger partial charge in [-0.15, -0.1) is 0 Å².